The molecule has 0 saturated heterocycles. The second-order valence-electron chi connectivity index (χ2n) is 3.45. The first kappa shape index (κ1) is 12.2. The summed E-state index contributed by atoms with van der Waals surface area (Å²) in [4.78, 5) is 18.8. The van der Waals surface area contributed by atoms with Gasteiger partial charge in [0.2, 0.25) is 11.2 Å². The van der Waals surface area contributed by atoms with Crippen molar-refractivity contribution in [2.24, 2.45) is 5.73 Å². The molecule has 0 spiro atoms. The van der Waals surface area contributed by atoms with Crippen molar-refractivity contribution < 1.29 is 4.79 Å². The fourth-order valence-electron chi connectivity index (χ4n) is 0.791. The van der Waals surface area contributed by atoms with E-state index in [1.54, 1.807) is 13.8 Å². The van der Waals surface area contributed by atoms with Crippen LogP contribution in [0.5, 0.6) is 0 Å². The van der Waals surface area contributed by atoms with Crippen LogP contribution in [0, 0.1) is 0 Å². The molecule has 0 bridgehead atoms. The third-order valence-corrected chi connectivity index (χ3v) is 2.52. The van der Waals surface area contributed by atoms with E-state index in [2.05, 4.69) is 31.2 Å². The number of nitrogens with zero attached hydrogens (tertiary/aromatic N) is 2. The smallest absolute Gasteiger partial charge is 0.242 e. The number of nitrogens with two attached hydrogens (primary N) is 1. The Morgan fingerprint density at radius 3 is 2.80 bits per heavy atom. The van der Waals surface area contributed by atoms with Gasteiger partial charge in [0.15, 0.2) is 0 Å². The average Bonchev–Trinajstić information content (AvgIpc) is 2.10. The normalized spacial score (nSPS) is 11.2. The molecule has 0 aromatic carbocycles. The number of amides is 1. The minimum atomic E-state index is -0.903. The van der Waals surface area contributed by atoms with Crippen LogP contribution in [0.25, 0.3) is 0 Å². The van der Waals surface area contributed by atoms with E-state index < -0.39 is 11.4 Å². The predicted octanol–water partition coefficient (Wildman–Crippen LogP) is 1.57. The third kappa shape index (κ3) is 3.04. The minimum absolute atomic E-state index is 0.0981. The molecule has 0 fully saturated rings. The fraction of sp³-hybridized carbons (Fsp3) is 0.375. The van der Waals surface area contributed by atoms with Gasteiger partial charge in [-0.2, -0.15) is 4.98 Å². The van der Waals surface area contributed by atoms with Crippen molar-refractivity contribution in [2.75, 3.05) is 5.32 Å². The van der Waals surface area contributed by atoms with Gasteiger partial charge in [0.1, 0.15) is 11.4 Å². The fourth-order valence-corrected chi connectivity index (χ4v) is 1.21. The van der Waals surface area contributed by atoms with Crippen molar-refractivity contribution in [3.63, 3.8) is 0 Å². The standard InChI is InChI=1S/C8H10BrClN4O/c1-8(2,6(11)15)14-5-4(9)3-12-7(10)13-5/h3H,1-2H3,(H2,11,15)(H,12,13,14). The van der Waals surface area contributed by atoms with Crippen LogP contribution in [0.4, 0.5) is 5.82 Å². The Hall–Kier alpha value is -0.880. The van der Waals surface area contributed by atoms with E-state index in [4.69, 9.17) is 17.3 Å². The summed E-state index contributed by atoms with van der Waals surface area (Å²) in [6.07, 6.45) is 1.49. The summed E-state index contributed by atoms with van der Waals surface area (Å²) in [7, 11) is 0. The van der Waals surface area contributed by atoms with Gasteiger partial charge in [0, 0.05) is 6.20 Å². The quantitative estimate of drug-likeness (QED) is 0.829. The van der Waals surface area contributed by atoms with Gasteiger partial charge in [-0.3, -0.25) is 4.79 Å². The van der Waals surface area contributed by atoms with Gasteiger partial charge < -0.3 is 11.1 Å². The van der Waals surface area contributed by atoms with E-state index in [1.807, 2.05) is 0 Å². The molecule has 7 heteroatoms. The van der Waals surface area contributed by atoms with Gasteiger partial charge in [-0.25, -0.2) is 4.98 Å². The third-order valence-electron chi connectivity index (χ3n) is 1.76. The van der Waals surface area contributed by atoms with Gasteiger partial charge in [0.25, 0.3) is 0 Å². The molecule has 15 heavy (non-hydrogen) atoms. The zero-order valence-electron chi connectivity index (χ0n) is 8.21. The molecule has 82 valence electrons. The summed E-state index contributed by atoms with van der Waals surface area (Å²) in [6, 6.07) is 0. The average molecular weight is 294 g/mol. The van der Waals surface area contributed by atoms with Gasteiger partial charge in [-0.05, 0) is 41.4 Å². The number of halogens is 2. The molecule has 1 aromatic heterocycles. The molecule has 0 unspecified atom stereocenters. The van der Waals surface area contributed by atoms with Gasteiger partial charge in [-0.15, -0.1) is 0 Å². The van der Waals surface area contributed by atoms with Crippen molar-refractivity contribution in [1.82, 2.24) is 9.97 Å². The molecule has 1 aromatic rings. The molecule has 1 heterocycles. The van der Waals surface area contributed by atoms with Crippen molar-refractivity contribution in [2.45, 2.75) is 19.4 Å². The first-order valence-corrected chi connectivity index (χ1v) is 5.26. The lowest BCUT2D eigenvalue weighted by atomic mass is 10.1. The number of hydrogen-bond acceptors (Lipinski definition) is 4. The number of nitrogens with one attached hydrogen (secondary N) is 1. The predicted molar refractivity (Wildman–Crippen MR) is 61.6 cm³/mol. The second kappa shape index (κ2) is 4.32. The summed E-state index contributed by atoms with van der Waals surface area (Å²) in [6.45, 7) is 3.30. The van der Waals surface area contributed by atoms with Crippen LogP contribution in [0.3, 0.4) is 0 Å². The van der Waals surface area contributed by atoms with Crippen molar-refractivity contribution in [3.8, 4) is 0 Å². The first-order chi connectivity index (χ1) is 6.83. The highest BCUT2D eigenvalue weighted by Crippen LogP contribution is 2.23. The Bertz CT molecular complexity index is 396. The van der Waals surface area contributed by atoms with E-state index >= 15 is 0 Å². The maximum Gasteiger partial charge on any atom is 0.242 e. The Morgan fingerprint density at radius 1 is 1.67 bits per heavy atom. The van der Waals surface area contributed by atoms with Crippen LogP contribution in [0.15, 0.2) is 10.7 Å². The van der Waals surface area contributed by atoms with Crippen LogP contribution in [0.2, 0.25) is 5.28 Å². The maximum atomic E-state index is 11.1. The molecule has 5 nitrogen and oxygen atoms in total. The van der Waals surface area contributed by atoms with Crippen molar-refractivity contribution in [1.29, 1.82) is 0 Å². The van der Waals surface area contributed by atoms with Crippen LogP contribution < -0.4 is 11.1 Å². The molecule has 0 saturated carbocycles. The van der Waals surface area contributed by atoms with E-state index in [0.717, 1.165) is 0 Å². The zero-order valence-corrected chi connectivity index (χ0v) is 10.6. The van der Waals surface area contributed by atoms with Gasteiger partial charge in [0.05, 0.1) is 4.47 Å². The van der Waals surface area contributed by atoms with E-state index in [-0.39, 0.29) is 5.28 Å². The van der Waals surface area contributed by atoms with Crippen molar-refractivity contribution >= 4 is 39.3 Å². The lowest BCUT2D eigenvalue weighted by molar-refractivity contribution is -0.121. The number of rotatable bonds is 3. The molecule has 0 atom stereocenters. The number of carbonyl (C=O) groups excluding carboxylic acids is 1. The monoisotopic (exact) mass is 292 g/mol. The molecular weight excluding hydrogens is 283 g/mol. The largest absolute Gasteiger partial charge is 0.368 e. The summed E-state index contributed by atoms with van der Waals surface area (Å²) >= 11 is 8.86. The molecule has 3 N–H and O–H groups in total. The van der Waals surface area contributed by atoms with Gasteiger partial charge >= 0.3 is 0 Å². The number of anilines is 1. The number of hydrogen-bond donors (Lipinski definition) is 2. The first-order valence-electron chi connectivity index (χ1n) is 4.09. The van der Waals surface area contributed by atoms with Gasteiger partial charge in [-0.1, -0.05) is 0 Å². The van der Waals surface area contributed by atoms with Crippen molar-refractivity contribution in [3.05, 3.63) is 16.0 Å². The molecular formula is C8H10BrClN4O. The summed E-state index contributed by atoms with van der Waals surface area (Å²) < 4.78 is 0.612. The van der Waals surface area contributed by atoms with E-state index in [0.29, 0.717) is 10.3 Å². The second-order valence-corrected chi connectivity index (χ2v) is 4.64. The topological polar surface area (TPSA) is 80.9 Å². The Morgan fingerprint density at radius 2 is 2.27 bits per heavy atom. The number of carbonyl (C=O) groups is 1. The number of primary amides is 1. The Labute approximate surface area is 101 Å². The van der Waals surface area contributed by atoms with E-state index in [9.17, 15) is 4.79 Å². The lowest BCUT2D eigenvalue weighted by Gasteiger charge is -2.23. The highest BCUT2D eigenvalue weighted by Gasteiger charge is 2.25. The lowest BCUT2D eigenvalue weighted by Crippen LogP contribution is -2.45. The number of aromatic nitrogens is 2. The zero-order chi connectivity index (χ0) is 11.6. The SMILES string of the molecule is CC(C)(Nc1nc(Cl)ncc1Br)C(N)=O. The molecule has 1 amide bonds. The molecule has 0 aliphatic heterocycles. The molecule has 1 rings (SSSR count). The van der Waals surface area contributed by atoms with Crippen LogP contribution in [-0.4, -0.2) is 21.4 Å². The molecule has 0 aliphatic rings. The molecule has 0 radical (unpaired) electrons. The minimum Gasteiger partial charge on any atom is -0.368 e. The van der Waals surface area contributed by atoms with E-state index in [1.165, 1.54) is 6.20 Å². The maximum absolute atomic E-state index is 11.1. The molecule has 0 aliphatic carbocycles. The Balaban J connectivity index is 2.99. The Kier molecular flexibility index (Phi) is 3.51. The highest BCUT2D eigenvalue weighted by atomic mass is 79.9. The summed E-state index contributed by atoms with van der Waals surface area (Å²) in [5.74, 6) is -0.0528. The summed E-state index contributed by atoms with van der Waals surface area (Å²) in [5, 5.41) is 2.97. The highest BCUT2D eigenvalue weighted by molar-refractivity contribution is 9.10. The van der Waals surface area contributed by atoms with Crippen LogP contribution >= 0.6 is 27.5 Å². The van der Waals surface area contributed by atoms with Crippen LogP contribution in [-0.2, 0) is 4.79 Å². The summed E-state index contributed by atoms with van der Waals surface area (Å²) in [5.41, 5.74) is 4.31. The van der Waals surface area contributed by atoms with Crippen LogP contribution in [0.1, 0.15) is 13.8 Å².